The lowest BCUT2D eigenvalue weighted by Gasteiger charge is -2.29. The highest BCUT2D eigenvalue weighted by Gasteiger charge is 2.23. The van der Waals surface area contributed by atoms with Crippen molar-refractivity contribution in [3.05, 3.63) is 37.1 Å². The predicted octanol–water partition coefficient (Wildman–Crippen LogP) is 1.18. The lowest BCUT2D eigenvalue weighted by Crippen LogP contribution is -2.41. The number of nitrogens with one attached hydrogen (secondary N) is 1. The summed E-state index contributed by atoms with van der Waals surface area (Å²) in [6.45, 7) is 0.267. The maximum absolute atomic E-state index is 11.9. The van der Waals surface area contributed by atoms with E-state index < -0.39 is 0 Å². The predicted molar refractivity (Wildman–Crippen MR) is 79.1 cm³/mol. The SMILES string of the molecule is O=C(Cn1cccn1)NC1CCC(Oc2cnccn2)CC1. The second-order valence-electron chi connectivity index (χ2n) is 5.41. The van der Waals surface area contributed by atoms with Crippen molar-refractivity contribution >= 4 is 5.91 Å². The van der Waals surface area contributed by atoms with E-state index in [0.29, 0.717) is 5.88 Å². The molecule has 1 N–H and O–H groups in total. The summed E-state index contributed by atoms with van der Waals surface area (Å²) in [5.74, 6) is 0.565. The Morgan fingerprint density at radius 2 is 2.14 bits per heavy atom. The van der Waals surface area contributed by atoms with Crippen LogP contribution in [0.15, 0.2) is 37.1 Å². The number of nitrogens with zero attached hydrogens (tertiary/aromatic N) is 4. The van der Waals surface area contributed by atoms with Gasteiger partial charge in [0.25, 0.3) is 0 Å². The average molecular weight is 301 g/mol. The fourth-order valence-corrected chi connectivity index (χ4v) is 2.66. The van der Waals surface area contributed by atoms with Gasteiger partial charge in [0.1, 0.15) is 12.6 Å². The van der Waals surface area contributed by atoms with Crippen molar-refractivity contribution in [3.8, 4) is 5.88 Å². The summed E-state index contributed by atoms with van der Waals surface area (Å²) in [5, 5.41) is 7.09. The second kappa shape index (κ2) is 7.02. The number of carbonyl (C=O) groups excluding carboxylic acids is 1. The van der Waals surface area contributed by atoms with Crippen LogP contribution in [0.3, 0.4) is 0 Å². The minimum atomic E-state index is 0.00185. The maximum Gasteiger partial charge on any atom is 0.241 e. The Bertz CT molecular complexity index is 579. The van der Waals surface area contributed by atoms with Crippen molar-refractivity contribution in [1.29, 1.82) is 0 Å². The van der Waals surface area contributed by atoms with Crippen LogP contribution in [0.25, 0.3) is 0 Å². The highest BCUT2D eigenvalue weighted by Crippen LogP contribution is 2.22. The van der Waals surface area contributed by atoms with Gasteiger partial charge in [-0.05, 0) is 31.7 Å². The molecule has 0 unspecified atom stereocenters. The first-order valence-electron chi connectivity index (χ1n) is 7.49. The van der Waals surface area contributed by atoms with Gasteiger partial charge >= 0.3 is 0 Å². The van der Waals surface area contributed by atoms with E-state index in [1.54, 1.807) is 35.7 Å². The molecule has 0 aromatic carbocycles. The number of hydrogen-bond donors (Lipinski definition) is 1. The number of rotatable bonds is 5. The first kappa shape index (κ1) is 14.5. The van der Waals surface area contributed by atoms with Gasteiger partial charge in [0.05, 0.1) is 6.20 Å². The molecule has 1 fully saturated rings. The summed E-state index contributed by atoms with van der Waals surface area (Å²) in [5.41, 5.74) is 0. The Labute approximate surface area is 128 Å². The zero-order chi connectivity index (χ0) is 15.2. The molecule has 7 nitrogen and oxygen atoms in total. The van der Waals surface area contributed by atoms with Crippen molar-refractivity contribution in [2.24, 2.45) is 0 Å². The van der Waals surface area contributed by atoms with Crippen LogP contribution in [0, 0.1) is 0 Å². The quantitative estimate of drug-likeness (QED) is 0.896. The van der Waals surface area contributed by atoms with E-state index in [2.05, 4.69) is 20.4 Å². The molecule has 2 aromatic rings. The molecule has 22 heavy (non-hydrogen) atoms. The van der Waals surface area contributed by atoms with E-state index in [9.17, 15) is 4.79 Å². The molecular weight excluding hydrogens is 282 g/mol. The number of hydrogen-bond acceptors (Lipinski definition) is 5. The van der Waals surface area contributed by atoms with Gasteiger partial charge in [-0.2, -0.15) is 5.10 Å². The number of aromatic nitrogens is 4. The molecule has 0 saturated heterocycles. The molecule has 2 aromatic heterocycles. The Hall–Kier alpha value is -2.44. The van der Waals surface area contributed by atoms with E-state index in [4.69, 9.17) is 4.74 Å². The normalized spacial score (nSPS) is 21.3. The Morgan fingerprint density at radius 1 is 1.27 bits per heavy atom. The van der Waals surface area contributed by atoms with Crippen LogP contribution < -0.4 is 10.1 Å². The number of carbonyl (C=O) groups is 1. The van der Waals surface area contributed by atoms with Crippen LogP contribution in [0.5, 0.6) is 5.88 Å². The van der Waals surface area contributed by atoms with Gasteiger partial charge in [0, 0.05) is 30.8 Å². The highest BCUT2D eigenvalue weighted by molar-refractivity contribution is 5.75. The highest BCUT2D eigenvalue weighted by atomic mass is 16.5. The summed E-state index contributed by atoms with van der Waals surface area (Å²) in [7, 11) is 0. The monoisotopic (exact) mass is 301 g/mol. The largest absolute Gasteiger partial charge is 0.473 e. The molecule has 0 aliphatic heterocycles. The smallest absolute Gasteiger partial charge is 0.241 e. The van der Waals surface area contributed by atoms with Crippen LogP contribution in [-0.2, 0) is 11.3 Å². The third kappa shape index (κ3) is 4.03. The number of amides is 1. The topological polar surface area (TPSA) is 81.9 Å². The van der Waals surface area contributed by atoms with Gasteiger partial charge in [-0.3, -0.25) is 14.5 Å². The Balaban J connectivity index is 1.41. The van der Waals surface area contributed by atoms with Crippen LogP contribution in [-0.4, -0.2) is 37.8 Å². The molecule has 2 heterocycles. The third-order valence-corrected chi connectivity index (χ3v) is 3.73. The van der Waals surface area contributed by atoms with Crippen LogP contribution in [0.2, 0.25) is 0 Å². The molecule has 0 atom stereocenters. The zero-order valence-corrected chi connectivity index (χ0v) is 12.3. The molecule has 3 rings (SSSR count). The van der Waals surface area contributed by atoms with E-state index in [1.807, 2.05) is 6.07 Å². The standard InChI is InChI=1S/C15H19N5O2/c21-14(11-20-9-1-6-18-20)19-12-2-4-13(5-3-12)22-15-10-16-7-8-17-15/h1,6-10,12-13H,2-5,11H2,(H,19,21). The van der Waals surface area contributed by atoms with E-state index in [1.165, 1.54) is 0 Å². The van der Waals surface area contributed by atoms with Crippen molar-refractivity contribution in [3.63, 3.8) is 0 Å². The molecule has 116 valence electrons. The summed E-state index contributed by atoms with van der Waals surface area (Å²) < 4.78 is 7.42. The van der Waals surface area contributed by atoms with Gasteiger partial charge in [-0.25, -0.2) is 4.98 Å². The van der Waals surface area contributed by atoms with Crippen molar-refractivity contribution in [2.75, 3.05) is 0 Å². The van der Waals surface area contributed by atoms with Crippen molar-refractivity contribution in [1.82, 2.24) is 25.1 Å². The lowest BCUT2D eigenvalue weighted by molar-refractivity contribution is -0.122. The molecule has 0 spiro atoms. The van der Waals surface area contributed by atoms with E-state index >= 15 is 0 Å². The molecule has 0 bridgehead atoms. The van der Waals surface area contributed by atoms with Crippen LogP contribution >= 0.6 is 0 Å². The Morgan fingerprint density at radius 3 is 2.82 bits per heavy atom. The fraction of sp³-hybridized carbons (Fsp3) is 0.467. The molecule has 1 amide bonds. The van der Waals surface area contributed by atoms with Gasteiger partial charge in [-0.1, -0.05) is 0 Å². The average Bonchev–Trinajstić information content (AvgIpc) is 3.03. The van der Waals surface area contributed by atoms with Crippen molar-refractivity contribution in [2.45, 2.75) is 44.4 Å². The number of ether oxygens (including phenoxy) is 1. The van der Waals surface area contributed by atoms with Gasteiger partial charge in [0.15, 0.2) is 0 Å². The zero-order valence-electron chi connectivity index (χ0n) is 12.3. The first-order chi connectivity index (χ1) is 10.8. The minimum absolute atomic E-state index is 0.00185. The summed E-state index contributed by atoms with van der Waals surface area (Å²) in [6.07, 6.45) is 12.1. The molecule has 1 saturated carbocycles. The molecule has 0 radical (unpaired) electrons. The summed E-state index contributed by atoms with van der Waals surface area (Å²) in [4.78, 5) is 20.0. The summed E-state index contributed by atoms with van der Waals surface area (Å²) in [6, 6.07) is 2.02. The van der Waals surface area contributed by atoms with Gasteiger partial charge in [-0.15, -0.1) is 0 Å². The minimum Gasteiger partial charge on any atom is -0.473 e. The molecule has 7 heteroatoms. The molecule has 1 aliphatic rings. The molecule has 1 aliphatic carbocycles. The van der Waals surface area contributed by atoms with Crippen LogP contribution in [0.1, 0.15) is 25.7 Å². The molecular formula is C15H19N5O2. The van der Waals surface area contributed by atoms with E-state index in [0.717, 1.165) is 25.7 Å². The summed E-state index contributed by atoms with van der Waals surface area (Å²) >= 11 is 0. The Kier molecular flexibility index (Phi) is 4.62. The van der Waals surface area contributed by atoms with Gasteiger partial charge < -0.3 is 10.1 Å². The van der Waals surface area contributed by atoms with Crippen LogP contribution in [0.4, 0.5) is 0 Å². The third-order valence-electron chi connectivity index (χ3n) is 3.73. The lowest BCUT2D eigenvalue weighted by atomic mass is 9.93. The second-order valence-corrected chi connectivity index (χ2v) is 5.41. The van der Waals surface area contributed by atoms with Gasteiger partial charge in [0.2, 0.25) is 11.8 Å². The maximum atomic E-state index is 11.9. The van der Waals surface area contributed by atoms with E-state index in [-0.39, 0.29) is 24.6 Å². The fourth-order valence-electron chi connectivity index (χ4n) is 2.66. The van der Waals surface area contributed by atoms with Crippen molar-refractivity contribution < 1.29 is 9.53 Å². The first-order valence-corrected chi connectivity index (χ1v) is 7.49.